The number of benzene rings is 1. The van der Waals surface area contributed by atoms with Crippen molar-refractivity contribution < 1.29 is 0 Å². The number of nitrogens with one attached hydrogen (secondary N) is 1. The summed E-state index contributed by atoms with van der Waals surface area (Å²) < 4.78 is 2.04. The molecule has 0 atom stereocenters. The minimum absolute atomic E-state index is 0. The summed E-state index contributed by atoms with van der Waals surface area (Å²) in [6, 6.07) is 8.39. The third kappa shape index (κ3) is 4.49. The van der Waals surface area contributed by atoms with Crippen molar-refractivity contribution in [2.24, 2.45) is 10.9 Å². The van der Waals surface area contributed by atoms with Crippen molar-refractivity contribution in [3.63, 3.8) is 0 Å². The first kappa shape index (κ1) is 18.8. The number of likely N-dealkylation sites (tertiary alicyclic amines) is 1. The lowest BCUT2D eigenvalue weighted by molar-refractivity contribution is 0.273. The molecule has 6 heteroatoms. The van der Waals surface area contributed by atoms with Crippen molar-refractivity contribution in [2.75, 3.05) is 20.1 Å². The van der Waals surface area contributed by atoms with Gasteiger partial charge in [-0.25, -0.2) is 4.98 Å². The fraction of sp³-hybridized carbons (Fsp3) is 0.444. The highest BCUT2D eigenvalue weighted by Gasteiger charge is 2.18. The van der Waals surface area contributed by atoms with Gasteiger partial charge >= 0.3 is 0 Å². The molecule has 0 bridgehead atoms. The first-order valence-corrected chi connectivity index (χ1v) is 8.29. The minimum atomic E-state index is 0. The Bertz CT molecular complexity index is 645. The first-order chi connectivity index (χ1) is 11.3. The molecule has 3 rings (SSSR count). The molecule has 5 nitrogen and oxygen atoms in total. The van der Waals surface area contributed by atoms with Crippen LogP contribution in [0.4, 0.5) is 0 Å². The van der Waals surface area contributed by atoms with Crippen molar-refractivity contribution in [3.05, 3.63) is 48.5 Å². The largest absolute Gasteiger partial charge is 0.352 e. The fourth-order valence-corrected chi connectivity index (χ4v) is 3.04. The molecule has 1 fully saturated rings. The number of hydrogen-bond donors (Lipinski definition) is 1. The van der Waals surface area contributed by atoms with Crippen molar-refractivity contribution >= 4 is 29.9 Å². The topological polar surface area (TPSA) is 45.5 Å². The molecule has 1 aromatic carbocycles. The van der Waals surface area contributed by atoms with E-state index in [1.807, 2.05) is 24.1 Å². The summed E-state index contributed by atoms with van der Waals surface area (Å²) in [5.74, 6) is 1.82. The Morgan fingerprint density at radius 1 is 1.29 bits per heavy atom. The van der Waals surface area contributed by atoms with Gasteiger partial charge < -0.3 is 14.8 Å². The molecule has 2 aromatic rings. The van der Waals surface area contributed by atoms with Crippen molar-refractivity contribution in [2.45, 2.75) is 26.3 Å². The van der Waals surface area contributed by atoms with Crippen LogP contribution in [0, 0.1) is 5.92 Å². The van der Waals surface area contributed by atoms with Gasteiger partial charge in [0.05, 0.1) is 12.0 Å². The van der Waals surface area contributed by atoms with Crippen LogP contribution < -0.4 is 5.32 Å². The van der Waals surface area contributed by atoms with Crippen LogP contribution in [-0.4, -0.2) is 40.5 Å². The zero-order valence-electron chi connectivity index (χ0n) is 14.4. The molecule has 1 saturated heterocycles. The number of hydrogen-bond acceptors (Lipinski definition) is 2. The second-order valence-electron chi connectivity index (χ2n) is 6.17. The lowest BCUT2D eigenvalue weighted by Crippen LogP contribution is -2.45. The number of aliphatic imine (C=N–C) groups is 1. The van der Waals surface area contributed by atoms with Gasteiger partial charge in [0.2, 0.25) is 0 Å². The van der Waals surface area contributed by atoms with Gasteiger partial charge in [-0.3, -0.25) is 4.99 Å². The van der Waals surface area contributed by atoms with Crippen LogP contribution in [0.25, 0.3) is 5.69 Å². The summed E-state index contributed by atoms with van der Waals surface area (Å²) in [7, 11) is 1.86. The fourth-order valence-electron chi connectivity index (χ4n) is 3.04. The maximum atomic E-state index is 4.46. The minimum Gasteiger partial charge on any atom is -0.352 e. The molecule has 0 unspecified atom stereocenters. The maximum Gasteiger partial charge on any atom is 0.193 e. The van der Waals surface area contributed by atoms with E-state index in [9.17, 15) is 0 Å². The average Bonchev–Trinajstić information content (AvgIpc) is 3.12. The van der Waals surface area contributed by atoms with E-state index >= 15 is 0 Å². The predicted octanol–water partition coefficient (Wildman–Crippen LogP) is 3.30. The van der Waals surface area contributed by atoms with Gasteiger partial charge in [0.25, 0.3) is 0 Å². The van der Waals surface area contributed by atoms with Crippen LogP contribution >= 0.6 is 24.0 Å². The molecule has 130 valence electrons. The van der Waals surface area contributed by atoms with Gasteiger partial charge in [-0.05, 0) is 30.4 Å². The van der Waals surface area contributed by atoms with E-state index in [2.05, 4.69) is 51.4 Å². The van der Waals surface area contributed by atoms with Gasteiger partial charge in [-0.1, -0.05) is 25.1 Å². The molecule has 1 aromatic heterocycles. The highest BCUT2D eigenvalue weighted by Crippen LogP contribution is 2.17. The Morgan fingerprint density at radius 3 is 2.71 bits per heavy atom. The molecule has 0 radical (unpaired) electrons. The Morgan fingerprint density at radius 2 is 2.04 bits per heavy atom. The van der Waals surface area contributed by atoms with E-state index in [1.54, 1.807) is 6.20 Å². The van der Waals surface area contributed by atoms with E-state index in [1.165, 1.54) is 18.4 Å². The number of nitrogens with zero attached hydrogens (tertiary/aromatic N) is 4. The number of para-hydroxylation sites is 1. The zero-order valence-corrected chi connectivity index (χ0v) is 16.7. The molecule has 0 spiro atoms. The van der Waals surface area contributed by atoms with E-state index in [4.69, 9.17) is 0 Å². The summed E-state index contributed by atoms with van der Waals surface area (Å²) in [4.78, 5) is 11.0. The normalized spacial score (nSPS) is 15.9. The molecular formula is C18H26IN5. The molecule has 24 heavy (non-hydrogen) atoms. The van der Waals surface area contributed by atoms with Gasteiger partial charge in [-0.2, -0.15) is 0 Å². The van der Waals surface area contributed by atoms with Crippen LogP contribution in [-0.2, 0) is 6.54 Å². The highest BCUT2D eigenvalue weighted by molar-refractivity contribution is 14.0. The van der Waals surface area contributed by atoms with Crippen LogP contribution in [0.5, 0.6) is 0 Å². The van der Waals surface area contributed by atoms with E-state index in [0.717, 1.165) is 37.2 Å². The Balaban J connectivity index is 0.00000208. The lowest BCUT2D eigenvalue weighted by Gasteiger charge is -2.33. The Hall–Kier alpha value is -1.57. The monoisotopic (exact) mass is 439 g/mol. The zero-order chi connectivity index (χ0) is 16.1. The Kier molecular flexibility index (Phi) is 7.08. The number of rotatable bonds is 3. The first-order valence-electron chi connectivity index (χ1n) is 8.29. The van der Waals surface area contributed by atoms with E-state index in [0.29, 0.717) is 0 Å². The molecule has 0 amide bonds. The molecule has 1 aliphatic heterocycles. The summed E-state index contributed by atoms with van der Waals surface area (Å²) in [5, 5.41) is 3.51. The number of halogens is 1. The maximum absolute atomic E-state index is 4.46. The third-order valence-corrected chi connectivity index (χ3v) is 4.51. The second-order valence-corrected chi connectivity index (χ2v) is 6.17. The standard InChI is InChI=1S/C18H25N5.HI/c1-15-7-10-22(11-8-15)18(19-2)21-13-16-5-3-4-6-17(16)23-12-9-20-14-23;/h3-6,9,12,14-15H,7-8,10-11,13H2,1-2H3,(H,19,21);1H. The SMILES string of the molecule is CN=C(NCc1ccccc1-n1ccnc1)N1CCC(C)CC1.I. The third-order valence-electron chi connectivity index (χ3n) is 4.51. The number of guanidine groups is 1. The van der Waals surface area contributed by atoms with Gasteiger partial charge in [-0.15, -0.1) is 24.0 Å². The number of aromatic nitrogens is 2. The highest BCUT2D eigenvalue weighted by atomic mass is 127. The summed E-state index contributed by atoms with van der Waals surface area (Å²) in [6.45, 7) is 5.26. The molecule has 0 saturated carbocycles. The molecule has 0 aliphatic carbocycles. The van der Waals surface area contributed by atoms with Crippen molar-refractivity contribution in [1.29, 1.82) is 0 Å². The summed E-state index contributed by atoms with van der Waals surface area (Å²) >= 11 is 0. The smallest absolute Gasteiger partial charge is 0.193 e. The summed E-state index contributed by atoms with van der Waals surface area (Å²) in [6.07, 6.45) is 8.09. The van der Waals surface area contributed by atoms with Gasteiger partial charge in [0.15, 0.2) is 5.96 Å². The number of piperidine rings is 1. The van der Waals surface area contributed by atoms with Crippen molar-refractivity contribution in [1.82, 2.24) is 19.8 Å². The Labute approximate surface area is 161 Å². The van der Waals surface area contributed by atoms with Crippen LogP contribution in [0.3, 0.4) is 0 Å². The van der Waals surface area contributed by atoms with Crippen molar-refractivity contribution in [3.8, 4) is 5.69 Å². The second kappa shape index (κ2) is 9.05. The average molecular weight is 439 g/mol. The molecule has 1 aliphatic rings. The van der Waals surface area contributed by atoms with E-state index in [-0.39, 0.29) is 24.0 Å². The van der Waals surface area contributed by atoms with E-state index < -0.39 is 0 Å². The molecule has 2 heterocycles. The summed E-state index contributed by atoms with van der Waals surface area (Å²) in [5.41, 5.74) is 2.39. The number of imidazole rings is 1. The lowest BCUT2D eigenvalue weighted by atomic mass is 9.99. The molecular weight excluding hydrogens is 413 g/mol. The van der Waals surface area contributed by atoms with Crippen LogP contribution in [0.15, 0.2) is 48.0 Å². The van der Waals surface area contributed by atoms with Gasteiger partial charge in [0, 0.05) is 39.1 Å². The van der Waals surface area contributed by atoms with Crippen LogP contribution in [0.1, 0.15) is 25.3 Å². The van der Waals surface area contributed by atoms with Crippen LogP contribution in [0.2, 0.25) is 0 Å². The molecule has 1 N–H and O–H groups in total. The van der Waals surface area contributed by atoms with Gasteiger partial charge in [0.1, 0.15) is 0 Å². The quantitative estimate of drug-likeness (QED) is 0.454. The predicted molar refractivity (Wildman–Crippen MR) is 109 cm³/mol.